The number of benzene rings is 2. The van der Waals surface area contributed by atoms with Crippen LogP contribution >= 0.6 is 22.6 Å². The first-order valence-electron chi connectivity index (χ1n) is 6.88. The van der Waals surface area contributed by atoms with Gasteiger partial charge >= 0.3 is 0 Å². The third-order valence-electron chi connectivity index (χ3n) is 3.21. The Kier molecular flexibility index (Phi) is 5.94. The Morgan fingerprint density at radius 3 is 2.36 bits per heavy atom. The van der Waals surface area contributed by atoms with Crippen molar-refractivity contribution in [3.63, 3.8) is 0 Å². The number of nitrogens with one attached hydrogen (secondary N) is 1. The molecule has 0 radical (unpaired) electrons. The van der Waals surface area contributed by atoms with Crippen LogP contribution in [0.4, 0.5) is 0 Å². The molecular weight excluding hydrogens is 391 g/mol. The Morgan fingerprint density at radius 1 is 1.05 bits per heavy atom. The number of likely N-dealkylation sites (N-methyl/N-ethyl adjacent to an activating group) is 1. The molecule has 5 heteroatoms. The smallest absolute Gasteiger partial charge is 0.252 e. The van der Waals surface area contributed by atoms with E-state index >= 15 is 0 Å². The molecule has 0 aliphatic rings. The molecular formula is C17H17IN2O2. The summed E-state index contributed by atoms with van der Waals surface area (Å²) in [6, 6.07) is 17.0. The zero-order chi connectivity index (χ0) is 15.9. The van der Waals surface area contributed by atoms with Crippen molar-refractivity contribution in [1.82, 2.24) is 10.2 Å². The normalized spacial score (nSPS) is 10.1. The SMILES string of the molecule is CN(Cc1ccccc1)C(=O)CNC(=O)c1ccccc1I. The average Bonchev–Trinajstić information content (AvgIpc) is 2.53. The molecule has 0 aliphatic heterocycles. The average molecular weight is 408 g/mol. The zero-order valence-corrected chi connectivity index (χ0v) is 14.4. The minimum Gasteiger partial charge on any atom is -0.343 e. The van der Waals surface area contributed by atoms with E-state index in [4.69, 9.17) is 0 Å². The maximum atomic E-state index is 12.1. The van der Waals surface area contributed by atoms with Crippen molar-refractivity contribution in [2.75, 3.05) is 13.6 Å². The topological polar surface area (TPSA) is 49.4 Å². The second-order valence-corrected chi connectivity index (χ2v) is 6.06. The quantitative estimate of drug-likeness (QED) is 0.774. The van der Waals surface area contributed by atoms with Crippen molar-refractivity contribution in [3.05, 3.63) is 69.3 Å². The maximum absolute atomic E-state index is 12.1. The highest BCUT2D eigenvalue weighted by Gasteiger charge is 2.13. The predicted molar refractivity (Wildman–Crippen MR) is 94.4 cm³/mol. The van der Waals surface area contributed by atoms with Crippen molar-refractivity contribution in [2.24, 2.45) is 0 Å². The monoisotopic (exact) mass is 408 g/mol. The second kappa shape index (κ2) is 7.93. The predicted octanol–water partition coefficient (Wildman–Crippen LogP) is 2.68. The number of halogens is 1. The molecule has 0 bridgehead atoms. The summed E-state index contributed by atoms with van der Waals surface area (Å²) in [5, 5.41) is 2.67. The van der Waals surface area contributed by atoms with E-state index in [1.54, 1.807) is 24.1 Å². The first-order valence-corrected chi connectivity index (χ1v) is 7.96. The standard InChI is InChI=1S/C17H17IN2O2/c1-20(12-13-7-3-2-4-8-13)16(21)11-19-17(22)14-9-5-6-10-15(14)18/h2-10H,11-12H2,1H3,(H,19,22). The summed E-state index contributed by atoms with van der Waals surface area (Å²) in [6.45, 7) is 0.519. The fourth-order valence-electron chi connectivity index (χ4n) is 1.98. The number of hydrogen-bond donors (Lipinski definition) is 1. The molecule has 2 rings (SSSR count). The van der Waals surface area contributed by atoms with E-state index in [2.05, 4.69) is 27.9 Å². The van der Waals surface area contributed by atoms with Crippen LogP contribution in [-0.4, -0.2) is 30.3 Å². The van der Waals surface area contributed by atoms with E-state index < -0.39 is 0 Å². The number of hydrogen-bond acceptors (Lipinski definition) is 2. The van der Waals surface area contributed by atoms with E-state index in [9.17, 15) is 9.59 Å². The Labute approximate surface area is 143 Å². The van der Waals surface area contributed by atoms with Gasteiger partial charge in [0.05, 0.1) is 12.1 Å². The second-order valence-electron chi connectivity index (χ2n) is 4.90. The van der Waals surface area contributed by atoms with Gasteiger partial charge in [-0.1, -0.05) is 42.5 Å². The number of carbonyl (C=O) groups is 2. The number of carbonyl (C=O) groups excluding carboxylic acids is 2. The first kappa shape index (κ1) is 16.5. The molecule has 1 N–H and O–H groups in total. The van der Waals surface area contributed by atoms with E-state index in [-0.39, 0.29) is 18.4 Å². The van der Waals surface area contributed by atoms with Gasteiger partial charge in [0, 0.05) is 17.2 Å². The number of amides is 2. The van der Waals surface area contributed by atoms with Gasteiger partial charge in [-0.3, -0.25) is 9.59 Å². The number of nitrogens with zero attached hydrogens (tertiary/aromatic N) is 1. The fourth-order valence-corrected chi connectivity index (χ4v) is 2.61. The highest BCUT2D eigenvalue weighted by atomic mass is 127. The summed E-state index contributed by atoms with van der Waals surface area (Å²) >= 11 is 2.10. The molecule has 0 saturated carbocycles. The molecule has 22 heavy (non-hydrogen) atoms. The van der Waals surface area contributed by atoms with Gasteiger partial charge in [-0.25, -0.2) is 0 Å². The van der Waals surface area contributed by atoms with Gasteiger partial charge < -0.3 is 10.2 Å². The van der Waals surface area contributed by atoms with Crippen molar-refractivity contribution >= 4 is 34.4 Å². The van der Waals surface area contributed by atoms with Crippen molar-refractivity contribution in [2.45, 2.75) is 6.54 Å². The van der Waals surface area contributed by atoms with E-state index in [0.717, 1.165) is 9.13 Å². The van der Waals surface area contributed by atoms with E-state index in [1.165, 1.54) is 0 Å². The largest absolute Gasteiger partial charge is 0.343 e. The molecule has 0 atom stereocenters. The summed E-state index contributed by atoms with van der Waals surface area (Å²) in [5.74, 6) is -0.352. The molecule has 2 aromatic rings. The molecule has 0 aromatic heterocycles. The van der Waals surface area contributed by atoms with Crippen LogP contribution in [0.25, 0.3) is 0 Å². The van der Waals surface area contributed by atoms with Gasteiger partial charge in [-0.05, 0) is 40.3 Å². The van der Waals surface area contributed by atoms with Crippen molar-refractivity contribution < 1.29 is 9.59 Å². The van der Waals surface area contributed by atoms with Gasteiger partial charge in [0.15, 0.2) is 0 Å². The van der Waals surface area contributed by atoms with E-state index in [1.807, 2.05) is 42.5 Å². The van der Waals surface area contributed by atoms with Crippen molar-refractivity contribution in [1.29, 1.82) is 0 Å². The summed E-state index contributed by atoms with van der Waals surface area (Å²) in [6.07, 6.45) is 0. The Morgan fingerprint density at radius 2 is 1.68 bits per heavy atom. The van der Waals surface area contributed by atoms with Crippen LogP contribution in [0.5, 0.6) is 0 Å². The van der Waals surface area contributed by atoms with Gasteiger partial charge in [0.1, 0.15) is 0 Å². The fraction of sp³-hybridized carbons (Fsp3) is 0.176. The molecule has 114 valence electrons. The third-order valence-corrected chi connectivity index (χ3v) is 4.15. The maximum Gasteiger partial charge on any atom is 0.252 e. The summed E-state index contributed by atoms with van der Waals surface area (Å²) in [7, 11) is 1.73. The van der Waals surface area contributed by atoms with Crippen LogP contribution in [0.2, 0.25) is 0 Å². The Bertz CT molecular complexity index is 659. The van der Waals surface area contributed by atoms with Gasteiger partial charge in [-0.2, -0.15) is 0 Å². The lowest BCUT2D eigenvalue weighted by molar-refractivity contribution is -0.129. The van der Waals surface area contributed by atoms with Gasteiger partial charge in [-0.15, -0.1) is 0 Å². The lowest BCUT2D eigenvalue weighted by Crippen LogP contribution is -2.38. The molecule has 0 unspecified atom stereocenters. The van der Waals surface area contributed by atoms with Crippen LogP contribution in [-0.2, 0) is 11.3 Å². The summed E-state index contributed by atoms with van der Waals surface area (Å²) < 4.78 is 0.864. The summed E-state index contributed by atoms with van der Waals surface area (Å²) in [5.41, 5.74) is 1.64. The molecule has 0 aliphatic carbocycles. The lowest BCUT2D eigenvalue weighted by atomic mass is 10.2. The third kappa shape index (κ3) is 4.56. The molecule has 0 saturated heterocycles. The van der Waals surface area contributed by atoms with Crippen LogP contribution in [0.15, 0.2) is 54.6 Å². The summed E-state index contributed by atoms with van der Waals surface area (Å²) in [4.78, 5) is 25.7. The van der Waals surface area contributed by atoms with Crippen molar-refractivity contribution in [3.8, 4) is 0 Å². The van der Waals surface area contributed by atoms with Crippen LogP contribution < -0.4 is 5.32 Å². The molecule has 0 fully saturated rings. The minimum absolute atomic E-state index is 0.00680. The Balaban J connectivity index is 1.87. The highest BCUT2D eigenvalue weighted by Crippen LogP contribution is 2.11. The molecule has 0 spiro atoms. The minimum atomic E-state index is -0.230. The lowest BCUT2D eigenvalue weighted by Gasteiger charge is -2.17. The number of rotatable bonds is 5. The zero-order valence-electron chi connectivity index (χ0n) is 12.3. The first-order chi connectivity index (χ1) is 10.6. The molecule has 2 amide bonds. The molecule has 0 heterocycles. The van der Waals surface area contributed by atoms with Crippen LogP contribution in [0.3, 0.4) is 0 Å². The van der Waals surface area contributed by atoms with E-state index in [0.29, 0.717) is 12.1 Å². The highest BCUT2D eigenvalue weighted by molar-refractivity contribution is 14.1. The van der Waals surface area contributed by atoms with Crippen LogP contribution in [0.1, 0.15) is 15.9 Å². The molecule has 2 aromatic carbocycles. The van der Waals surface area contributed by atoms with Gasteiger partial charge in [0.2, 0.25) is 5.91 Å². The Hall–Kier alpha value is -1.89. The van der Waals surface area contributed by atoms with Gasteiger partial charge in [0.25, 0.3) is 5.91 Å². The van der Waals surface area contributed by atoms with Crippen LogP contribution in [0, 0.1) is 3.57 Å². The molecule has 4 nitrogen and oxygen atoms in total.